The van der Waals surface area contributed by atoms with Crippen LogP contribution in [0.25, 0.3) is 0 Å². The third kappa shape index (κ3) is 4.35. The second-order valence-electron chi connectivity index (χ2n) is 5.78. The van der Waals surface area contributed by atoms with Crippen LogP contribution in [-0.4, -0.2) is 36.5 Å². The minimum Gasteiger partial charge on any atom is -0.340 e. The first-order chi connectivity index (χ1) is 9.15. The molecule has 1 unspecified atom stereocenters. The SMILES string of the molecule is CC(C)CC(=O)N1CCNC(Cc2ccccc2)C1. The smallest absolute Gasteiger partial charge is 0.222 e. The molecule has 1 aromatic carbocycles. The molecule has 1 aromatic rings. The Balaban J connectivity index is 1.88. The molecule has 0 spiro atoms. The summed E-state index contributed by atoms with van der Waals surface area (Å²) in [7, 11) is 0. The van der Waals surface area contributed by atoms with E-state index < -0.39 is 0 Å². The molecule has 104 valence electrons. The first-order valence-corrected chi connectivity index (χ1v) is 7.20. The van der Waals surface area contributed by atoms with Crippen LogP contribution in [0.15, 0.2) is 30.3 Å². The van der Waals surface area contributed by atoms with Crippen LogP contribution in [0, 0.1) is 5.92 Å². The number of hydrogen-bond donors (Lipinski definition) is 1. The van der Waals surface area contributed by atoms with Crippen LogP contribution < -0.4 is 5.32 Å². The molecular weight excluding hydrogens is 236 g/mol. The Morgan fingerprint density at radius 1 is 1.37 bits per heavy atom. The lowest BCUT2D eigenvalue weighted by Gasteiger charge is -2.34. The van der Waals surface area contributed by atoms with E-state index in [-0.39, 0.29) is 0 Å². The fourth-order valence-corrected chi connectivity index (χ4v) is 2.57. The molecule has 3 nitrogen and oxygen atoms in total. The zero-order chi connectivity index (χ0) is 13.7. The fourth-order valence-electron chi connectivity index (χ4n) is 2.57. The van der Waals surface area contributed by atoms with Gasteiger partial charge in [0.2, 0.25) is 5.91 Å². The molecule has 0 bridgehead atoms. The molecule has 1 saturated heterocycles. The molecule has 0 saturated carbocycles. The molecule has 1 heterocycles. The van der Waals surface area contributed by atoms with E-state index in [0.29, 0.717) is 24.3 Å². The van der Waals surface area contributed by atoms with Gasteiger partial charge in [-0.2, -0.15) is 0 Å². The molecule has 0 aromatic heterocycles. The van der Waals surface area contributed by atoms with Crippen molar-refractivity contribution in [3.05, 3.63) is 35.9 Å². The summed E-state index contributed by atoms with van der Waals surface area (Å²) in [5.41, 5.74) is 1.33. The van der Waals surface area contributed by atoms with E-state index >= 15 is 0 Å². The highest BCUT2D eigenvalue weighted by Crippen LogP contribution is 2.10. The van der Waals surface area contributed by atoms with Gasteiger partial charge in [0.05, 0.1) is 0 Å². The predicted molar refractivity (Wildman–Crippen MR) is 78.0 cm³/mol. The Labute approximate surface area is 116 Å². The largest absolute Gasteiger partial charge is 0.340 e. The molecule has 0 radical (unpaired) electrons. The monoisotopic (exact) mass is 260 g/mol. The van der Waals surface area contributed by atoms with Gasteiger partial charge < -0.3 is 10.2 Å². The maximum absolute atomic E-state index is 12.1. The van der Waals surface area contributed by atoms with Crippen LogP contribution in [-0.2, 0) is 11.2 Å². The van der Waals surface area contributed by atoms with Crippen molar-refractivity contribution in [1.29, 1.82) is 0 Å². The van der Waals surface area contributed by atoms with Gasteiger partial charge in [-0.15, -0.1) is 0 Å². The van der Waals surface area contributed by atoms with Crippen molar-refractivity contribution in [2.75, 3.05) is 19.6 Å². The summed E-state index contributed by atoms with van der Waals surface area (Å²) in [4.78, 5) is 14.1. The fraction of sp³-hybridized carbons (Fsp3) is 0.562. The highest BCUT2D eigenvalue weighted by molar-refractivity contribution is 5.76. The van der Waals surface area contributed by atoms with Crippen LogP contribution in [0.5, 0.6) is 0 Å². The third-order valence-electron chi connectivity index (χ3n) is 3.52. The van der Waals surface area contributed by atoms with Gasteiger partial charge in [0, 0.05) is 32.1 Å². The molecule has 1 fully saturated rings. The molecule has 1 atom stereocenters. The minimum atomic E-state index is 0.301. The summed E-state index contributed by atoms with van der Waals surface area (Å²) in [6.45, 7) is 6.78. The van der Waals surface area contributed by atoms with Gasteiger partial charge >= 0.3 is 0 Å². The molecule has 2 rings (SSSR count). The Morgan fingerprint density at radius 3 is 2.79 bits per heavy atom. The first kappa shape index (κ1) is 14.1. The van der Waals surface area contributed by atoms with Crippen molar-refractivity contribution in [1.82, 2.24) is 10.2 Å². The summed E-state index contributed by atoms with van der Waals surface area (Å²) in [6, 6.07) is 10.9. The number of amides is 1. The van der Waals surface area contributed by atoms with Gasteiger partial charge in [0.1, 0.15) is 0 Å². The molecule has 1 aliphatic rings. The summed E-state index contributed by atoms with van der Waals surface area (Å²) in [5.74, 6) is 0.740. The first-order valence-electron chi connectivity index (χ1n) is 7.20. The van der Waals surface area contributed by atoms with E-state index in [9.17, 15) is 4.79 Å². The van der Waals surface area contributed by atoms with Crippen molar-refractivity contribution in [2.45, 2.75) is 32.7 Å². The second-order valence-corrected chi connectivity index (χ2v) is 5.78. The molecular formula is C16H24N2O. The average Bonchev–Trinajstić information content (AvgIpc) is 2.39. The lowest BCUT2D eigenvalue weighted by molar-refractivity contribution is -0.133. The summed E-state index contributed by atoms with van der Waals surface area (Å²) < 4.78 is 0. The zero-order valence-electron chi connectivity index (χ0n) is 11.9. The van der Waals surface area contributed by atoms with Crippen LogP contribution in [0.2, 0.25) is 0 Å². The lowest BCUT2D eigenvalue weighted by atomic mass is 10.0. The van der Waals surface area contributed by atoms with E-state index in [2.05, 4.69) is 43.4 Å². The Kier molecular flexibility index (Phi) is 4.97. The lowest BCUT2D eigenvalue weighted by Crippen LogP contribution is -2.53. The van der Waals surface area contributed by atoms with Crippen molar-refractivity contribution in [2.24, 2.45) is 5.92 Å². The van der Waals surface area contributed by atoms with Crippen LogP contribution in [0.4, 0.5) is 0 Å². The van der Waals surface area contributed by atoms with E-state index in [1.807, 2.05) is 11.0 Å². The predicted octanol–water partition coefficient (Wildman–Crippen LogP) is 2.08. The second kappa shape index (κ2) is 6.71. The van der Waals surface area contributed by atoms with Gasteiger partial charge in [-0.05, 0) is 17.9 Å². The van der Waals surface area contributed by atoms with Crippen molar-refractivity contribution < 1.29 is 4.79 Å². The minimum absolute atomic E-state index is 0.301. The maximum atomic E-state index is 12.1. The van der Waals surface area contributed by atoms with E-state index in [0.717, 1.165) is 26.1 Å². The number of carbonyl (C=O) groups excluding carboxylic acids is 1. The Hall–Kier alpha value is -1.35. The topological polar surface area (TPSA) is 32.3 Å². The normalized spacial score (nSPS) is 19.7. The number of benzene rings is 1. The maximum Gasteiger partial charge on any atom is 0.222 e. The number of nitrogens with one attached hydrogen (secondary N) is 1. The van der Waals surface area contributed by atoms with Gasteiger partial charge in [0.25, 0.3) is 0 Å². The standard InChI is InChI=1S/C16H24N2O/c1-13(2)10-16(19)18-9-8-17-15(12-18)11-14-6-4-3-5-7-14/h3-7,13,15,17H,8-12H2,1-2H3. The van der Waals surface area contributed by atoms with E-state index in [4.69, 9.17) is 0 Å². The molecule has 1 aliphatic heterocycles. The highest BCUT2D eigenvalue weighted by Gasteiger charge is 2.23. The highest BCUT2D eigenvalue weighted by atomic mass is 16.2. The van der Waals surface area contributed by atoms with E-state index in [1.54, 1.807) is 0 Å². The number of carbonyl (C=O) groups is 1. The van der Waals surface area contributed by atoms with Crippen molar-refractivity contribution in [3.8, 4) is 0 Å². The number of piperazine rings is 1. The summed E-state index contributed by atoms with van der Waals surface area (Å²) >= 11 is 0. The van der Waals surface area contributed by atoms with E-state index in [1.165, 1.54) is 5.56 Å². The Bertz CT molecular complexity index is 402. The number of rotatable bonds is 4. The molecule has 0 aliphatic carbocycles. The van der Waals surface area contributed by atoms with Gasteiger partial charge in [-0.25, -0.2) is 0 Å². The van der Waals surface area contributed by atoms with Crippen LogP contribution >= 0.6 is 0 Å². The van der Waals surface area contributed by atoms with Gasteiger partial charge in [-0.1, -0.05) is 44.2 Å². The quantitative estimate of drug-likeness (QED) is 0.899. The average molecular weight is 260 g/mol. The van der Waals surface area contributed by atoms with Crippen molar-refractivity contribution >= 4 is 5.91 Å². The van der Waals surface area contributed by atoms with Gasteiger partial charge in [-0.3, -0.25) is 4.79 Å². The summed E-state index contributed by atoms with van der Waals surface area (Å²) in [6.07, 6.45) is 1.66. The van der Waals surface area contributed by atoms with Crippen LogP contribution in [0.3, 0.4) is 0 Å². The molecule has 1 amide bonds. The number of nitrogens with zero attached hydrogens (tertiary/aromatic N) is 1. The van der Waals surface area contributed by atoms with Gasteiger partial charge in [0.15, 0.2) is 0 Å². The van der Waals surface area contributed by atoms with Crippen molar-refractivity contribution in [3.63, 3.8) is 0 Å². The third-order valence-corrected chi connectivity index (χ3v) is 3.52. The summed E-state index contributed by atoms with van der Waals surface area (Å²) in [5, 5.41) is 3.51. The number of hydrogen-bond acceptors (Lipinski definition) is 2. The zero-order valence-corrected chi connectivity index (χ0v) is 11.9. The molecule has 3 heteroatoms. The Morgan fingerprint density at radius 2 is 2.11 bits per heavy atom. The molecule has 19 heavy (non-hydrogen) atoms. The molecule has 1 N–H and O–H groups in total. The van der Waals surface area contributed by atoms with Crippen LogP contribution in [0.1, 0.15) is 25.8 Å².